The molecule has 1 rings (SSSR count). The van der Waals surface area contributed by atoms with Gasteiger partial charge in [0.2, 0.25) is 0 Å². The van der Waals surface area contributed by atoms with Gasteiger partial charge in [-0.2, -0.15) is 13.2 Å². The van der Waals surface area contributed by atoms with Gasteiger partial charge in [-0.15, -0.1) is 5.10 Å². The Morgan fingerprint density at radius 3 is 2.44 bits per heavy atom. The molecule has 1 amide bonds. The van der Waals surface area contributed by atoms with E-state index in [9.17, 15) is 22.8 Å². The van der Waals surface area contributed by atoms with E-state index >= 15 is 0 Å². The molecule has 7 nitrogen and oxygen atoms in total. The first-order valence-corrected chi connectivity index (χ1v) is 3.74. The van der Waals surface area contributed by atoms with Gasteiger partial charge in [0, 0.05) is 7.05 Å². The summed E-state index contributed by atoms with van der Waals surface area (Å²) in [5, 5.41) is 16.2. The number of carboxylic acid groups (broad SMARTS) is 1. The van der Waals surface area contributed by atoms with Crippen molar-refractivity contribution in [3.8, 4) is 0 Å². The van der Waals surface area contributed by atoms with Gasteiger partial charge in [0.1, 0.15) is 0 Å². The van der Waals surface area contributed by atoms with Crippen LogP contribution in [0.25, 0.3) is 0 Å². The zero-order chi connectivity index (χ0) is 12.5. The summed E-state index contributed by atoms with van der Waals surface area (Å²) in [5.74, 6) is -4.61. The molecule has 88 valence electrons. The highest BCUT2D eigenvalue weighted by molar-refractivity contribution is 5.99. The second-order valence-electron chi connectivity index (χ2n) is 2.67. The van der Waals surface area contributed by atoms with E-state index < -0.39 is 29.6 Å². The molecule has 0 saturated carbocycles. The largest absolute Gasteiger partial charge is 0.476 e. The molecule has 10 heteroatoms. The monoisotopic (exact) mass is 238 g/mol. The third kappa shape index (κ3) is 2.27. The lowest BCUT2D eigenvalue weighted by atomic mass is 10.4. The SMILES string of the molecule is Cn1nnc(NC(=O)C(F)(F)F)c1C(=O)O. The van der Waals surface area contributed by atoms with Crippen LogP contribution in [0.4, 0.5) is 19.0 Å². The molecule has 0 aliphatic carbocycles. The summed E-state index contributed by atoms with van der Waals surface area (Å²) in [5.41, 5.74) is -0.641. The molecule has 0 spiro atoms. The van der Waals surface area contributed by atoms with Crippen molar-refractivity contribution in [3.05, 3.63) is 5.69 Å². The number of carbonyl (C=O) groups is 2. The number of aromatic nitrogens is 3. The molecule has 0 saturated heterocycles. The molecule has 1 aromatic rings. The lowest BCUT2D eigenvalue weighted by molar-refractivity contribution is -0.167. The number of rotatable bonds is 2. The van der Waals surface area contributed by atoms with Gasteiger partial charge < -0.3 is 5.11 Å². The Morgan fingerprint density at radius 1 is 1.44 bits per heavy atom. The number of amides is 1. The van der Waals surface area contributed by atoms with Crippen LogP contribution < -0.4 is 5.32 Å². The Bertz CT molecular complexity index is 439. The minimum absolute atomic E-state index is 0.641. The molecule has 0 bridgehead atoms. The molecule has 0 aliphatic heterocycles. The summed E-state index contributed by atoms with van der Waals surface area (Å²) in [6.07, 6.45) is -5.12. The number of nitrogens with zero attached hydrogens (tertiary/aromatic N) is 3. The van der Waals surface area contributed by atoms with Crippen molar-refractivity contribution < 1.29 is 27.9 Å². The second kappa shape index (κ2) is 3.79. The Hall–Kier alpha value is -2.13. The van der Waals surface area contributed by atoms with Crippen molar-refractivity contribution in [1.82, 2.24) is 15.0 Å². The van der Waals surface area contributed by atoms with Gasteiger partial charge in [-0.05, 0) is 0 Å². The summed E-state index contributed by atoms with van der Waals surface area (Å²) in [6, 6.07) is 0. The summed E-state index contributed by atoms with van der Waals surface area (Å²) in [7, 11) is 1.17. The predicted molar refractivity (Wildman–Crippen MR) is 42.6 cm³/mol. The smallest absolute Gasteiger partial charge is 0.471 e. The summed E-state index contributed by atoms with van der Waals surface area (Å²) >= 11 is 0. The van der Waals surface area contributed by atoms with Crippen molar-refractivity contribution in [1.29, 1.82) is 0 Å². The number of hydrogen-bond donors (Lipinski definition) is 2. The number of carbonyl (C=O) groups excluding carboxylic acids is 1. The van der Waals surface area contributed by atoms with Crippen LogP contribution in [0.15, 0.2) is 0 Å². The van der Waals surface area contributed by atoms with Gasteiger partial charge in [-0.1, -0.05) is 5.21 Å². The number of aryl methyl sites for hydroxylation is 1. The first-order chi connectivity index (χ1) is 7.23. The van der Waals surface area contributed by atoms with E-state index in [2.05, 4.69) is 10.3 Å². The zero-order valence-electron chi connectivity index (χ0n) is 7.74. The van der Waals surface area contributed by atoms with Crippen LogP contribution in [0, 0.1) is 0 Å². The number of halogens is 3. The van der Waals surface area contributed by atoms with E-state index in [4.69, 9.17) is 5.11 Å². The number of hydrogen-bond acceptors (Lipinski definition) is 4. The predicted octanol–water partition coefficient (Wildman–Crippen LogP) is 0.0141. The maximum absolute atomic E-state index is 11.9. The average Bonchev–Trinajstić information content (AvgIpc) is 2.45. The average molecular weight is 238 g/mol. The van der Waals surface area contributed by atoms with Gasteiger partial charge in [0.15, 0.2) is 11.5 Å². The molecular formula is C6H5F3N4O3. The molecule has 1 heterocycles. The lowest BCUT2D eigenvalue weighted by Gasteiger charge is -2.05. The van der Waals surface area contributed by atoms with Gasteiger partial charge in [0.05, 0.1) is 0 Å². The number of carboxylic acids is 1. The summed E-state index contributed by atoms with van der Waals surface area (Å²) in [6.45, 7) is 0. The third-order valence-corrected chi connectivity index (χ3v) is 1.52. The van der Waals surface area contributed by atoms with Gasteiger partial charge in [0.25, 0.3) is 0 Å². The number of aromatic carboxylic acids is 1. The summed E-state index contributed by atoms with van der Waals surface area (Å²) < 4.78 is 36.3. The summed E-state index contributed by atoms with van der Waals surface area (Å²) in [4.78, 5) is 21.1. The zero-order valence-corrected chi connectivity index (χ0v) is 7.74. The third-order valence-electron chi connectivity index (χ3n) is 1.52. The maximum Gasteiger partial charge on any atom is 0.471 e. The van der Waals surface area contributed by atoms with Crippen molar-refractivity contribution >= 4 is 17.7 Å². The van der Waals surface area contributed by atoms with E-state index in [0.717, 1.165) is 4.68 Å². The van der Waals surface area contributed by atoms with Crippen LogP contribution in [0.1, 0.15) is 10.5 Å². The quantitative estimate of drug-likeness (QED) is 0.756. The molecule has 0 radical (unpaired) electrons. The fraction of sp³-hybridized carbons (Fsp3) is 0.333. The van der Waals surface area contributed by atoms with Crippen LogP contribution >= 0.6 is 0 Å². The first-order valence-electron chi connectivity index (χ1n) is 3.74. The van der Waals surface area contributed by atoms with E-state index in [1.54, 1.807) is 0 Å². The molecule has 2 N–H and O–H groups in total. The van der Waals surface area contributed by atoms with E-state index in [1.165, 1.54) is 12.4 Å². The lowest BCUT2D eigenvalue weighted by Crippen LogP contribution is -2.30. The Labute approximate surface area is 85.9 Å². The molecule has 0 unspecified atom stereocenters. The van der Waals surface area contributed by atoms with Crippen LogP contribution in [0.5, 0.6) is 0 Å². The molecule has 0 fully saturated rings. The fourth-order valence-electron chi connectivity index (χ4n) is 0.859. The minimum atomic E-state index is -5.12. The van der Waals surface area contributed by atoms with Crippen LogP contribution in [0.2, 0.25) is 0 Å². The fourth-order valence-corrected chi connectivity index (χ4v) is 0.859. The maximum atomic E-state index is 11.9. The molecule has 0 aliphatic rings. The topological polar surface area (TPSA) is 97.1 Å². The molecule has 16 heavy (non-hydrogen) atoms. The van der Waals surface area contributed by atoms with Crippen molar-refractivity contribution in [2.75, 3.05) is 5.32 Å². The number of alkyl halides is 3. The number of anilines is 1. The number of nitrogens with one attached hydrogen (secondary N) is 1. The standard InChI is InChI=1S/C6H5F3N4O3/c1-13-2(4(14)15)3(11-12-13)10-5(16)6(7,8)9/h1H3,(H,10,16)(H,14,15). The molecule has 1 aromatic heterocycles. The minimum Gasteiger partial charge on any atom is -0.476 e. The van der Waals surface area contributed by atoms with Gasteiger partial charge in [-0.25, -0.2) is 9.48 Å². The highest BCUT2D eigenvalue weighted by Gasteiger charge is 2.40. The molecule has 0 atom stereocenters. The van der Waals surface area contributed by atoms with Crippen LogP contribution in [0.3, 0.4) is 0 Å². The molecular weight excluding hydrogens is 233 g/mol. The Balaban J connectivity index is 2.99. The Kier molecular flexibility index (Phi) is 2.83. The first kappa shape index (κ1) is 11.9. The van der Waals surface area contributed by atoms with Crippen LogP contribution in [-0.4, -0.2) is 38.2 Å². The van der Waals surface area contributed by atoms with E-state index in [0.29, 0.717) is 0 Å². The van der Waals surface area contributed by atoms with Crippen LogP contribution in [-0.2, 0) is 11.8 Å². The van der Waals surface area contributed by atoms with E-state index in [1.807, 2.05) is 0 Å². The van der Waals surface area contributed by atoms with E-state index in [-0.39, 0.29) is 0 Å². The highest BCUT2D eigenvalue weighted by atomic mass is 19.4. The van der Waals surface area contributed by atoms with Crippen molar-refractivity contribution in [2.45, 2.75) is 6.18 Å². The van der Waals surface area contributed by atoms with Crippen molar-refractivity contribution in [3.63, 3.8) is 0 Å². The molecule has 0 aromatic carbocycles. The second-order valence-corrected chi connectivity index (χ2v) is 2.67. The van der Waals surface area contributed by atoms with Gasteiger partial charge >= 0.3 is 18.1 Å². The van der Waals surface area contributed by atoms with Gasteiger partial charge in [-0.3, -0.25) is 10.1 Å². The Morgan fingerprint density at radius 2 is 2.00 bits per heavy atom. The normalized spacial score (nSPS) is 11.2. The van der Waals surface area contributed by atoms with Crippen molar-refractivity contribution in [2.24, 2.45) is 7.05 Å². The highest BCUT2D eigenvalue weighted by Crippen LogP contribution is 2.18.